The van der Waals surface area contributed by atoms with Gasteiger partial charge in [0.25, 0.3) is 5.91 Å². The van der Waals surface area contributed by atoms with Crippen LogP contribution in [0.15, 0.2) is 60.7 Å². The van der Waals surface area contributed by atoms with Crippen molar-refractivity contribution >= 4 is 22.6 Å². The van der Waals surface area contributed by atoms with Crippen LogP contribution in [0.1, 0.15) is 32.9 Å². The molecule has 1 aliphatic heterocycles. The van der Waals surface area contributed by atoms with Crippen molar-refractivity contribution in [1.29, 1.82) is 0 Å². The molecule has 0 unspecified atom stereocenters. The van der Waals surface area contributed by atoms with Crippen molar-refractivity contribution in [3.05, 3.63) is 88.7 Å². The third kappa shape index (κ3) is 6.03. The lowest BCUT2D eigenvalue weighted by molar-refractivity contribution is -0.143. The second-order valence-corrected chi connectivity index (χ2v) is 10.2. The number of benzene rings is 3. The van der Waals surface area contributed by atoms with E-state index in [1.54, 1.807) is 18.2 Å². The molecule has 5 rings (SSSR count). The predicted octanol–water partition coefficient (Wildman–Crippen LogP) is 6.04. The third-order valence-corrected chi connectivity index (χ3v) is 7.28. The average Bonchev–Trinajstić information content (AvgIpc) is 2.95. The molecule has 1 saturated heterocycles. The van der Waals surface area contributed by atoms with Gasteiger partial charge >= 0.3 is 12.4 Å². The van der Waals surface area contributed by atoms with E-state index in [1.165, 1.54) is 7.05 Å². The van der Waals surface area contributed by atoms with Gasteiger partial charge in [-0.1, -0.05) is 42.5 Å². The molecule has 0 aliphatic carbocycles. The van der Waals surface area contributed by atoms with Crippen molar-refractivity contribution in [1.82, 2.24) is 20.2 Å². The Hall–Kier alpha value is -4.19. The zero-order valence-electron chi connectivity index (χ0n) is 22.8. The maximum atomic E-state index is 13.7. The van der Waals surface area contributed by atoms with Gasteiger partial charge in [0.15, 0.2) is 0 Å². The van der Waals surface area contributed by atoms with E-state index in [1.807, 2.05) is 36.2 Å². The van der Waals surface area contributed by atoms with Crippen LogP contribution in [0.25, 0.3) is 21.9 Å². The summed E-state index contributed by atoms with van der Waals surface area (Å²) in [6, 6.07) is 14.2. The van der Waals surface area contributed by atoms with Gasteiger partial charge < -0.3 is 15.1 Å². The van der Waals surface area contributed by atoms with Crippen LogP contribution in [0.4, 0.5) is 32.3 Å². The lowest BCUT2D eigenvalue weighted by Gasteiger charge is -2.33. The zero-order chi connectivity index (χ0) is 30.2. The van der Waals surface area contributed by atoms with E-state index >= 15 is 0 Å². The number of hydrogen-bond acceptors (Lipinski definition) is 5. The molecule has 1 amide bonds. The Morgan fingerprint density at radius 2 is 1.48 bits per heavy atom. The van der Waals surface area contributed by atoms with E-state index in [4.69, 9.17) is 4.98 Å². The molecule has 1 aliphatic rings. The number of fused-ring (bicyclic) bond motifs is 1. The Kier molecular flexibility index (Phi) is 7.84. The summed E-state index contributed by atoms with van der Waals surface area (Å²) < 4.78 is 82.1. The van der Waals surface area contributed by atoms with Crippen molar-refractivity contribution in [2.45, 2.75) is 18.8 Å². The molecule has 1 N–H and O–H groups in total. The number of carbonyl (C=O) groups is 1. The summed E-state index contributed by atoms with van der Waals surface area (Å²) in [7, 11) is 3.38. The molecule has 220 valence electrons. The number of nitrogens with one attached hydrogen (secondary N) is 1. The lowest BCUT2D eigenvalue weighted by atomic mass is 9.92. The predicted molar refractivity (Wildman–Crippen MR) is 147 cm³/mol. The fourth-order valence-electron chi connectivity index (χ4n) is 5.09. The molecule has 6 nitrogen and oxygen atoms in total. The SMILES string of the molecule is CNC(=O)c1nc(N2CCN(C)CC2)nc(Cc2cc(C(F)(F)F)cc(C(F)(F)F)c2)c1-c1cccc2ccccc12. The molecule has 2 heterocycles. The largest absolute Gasteiger partial charge is 0.416 e. The van der Waals surface area contributed by atoms with E-state index in [0.717, 1.165) is 10.8 Å². The summed E-state index contributed by atoms with van der Waals surface area (Å²) >= 11 is 0. The van der Waals surface area contributed by atoms with Gasteiger partial charge in [-0.25, -0.2) is 9.97 Å². The summed E-state index contributed by atoms with van der Waals surface area (Å²) in [6.45, 7) is 2.42. The summed E-state index contributed by atoms with van der Waals surface area (Å²) in [5.74, 6) is -0.374. The average molecular weight is 588 g/mol. The van der Waals surface area contributed by atoms with Crippen LogP contribution in [-0.4, -0.2) is 61.0 Å². The van der Waals surface area contributed by atoms with Crippen LogP contribution in [0, 0.1) is 0 Å². The molecule has 0 saturated carbocycles. The number of nitrogens with zero attached hydrogens (tertiary/aromatic N) is 4. The summed E-state index contributed by atoms with van der Waals surface area (Å²) in [5.41, 5.74) is -2.18. The fourth-order valence-corrected chi connectivity index (χ4v) is 5.09. The smallest absolute Gasteiger partial charge is 0.354 e. The monoisotopic (exact) mass is 587 g/mol. The highest BCUT2D eigenvalue weighted by atomic mass is 19.4. The van der Waals surface area contributed by atoms with E-state index in [9.17, 15) is 31.1 Å². The summed E-state index contributed by atoms with van der Waals surface area (Å²) in [4.78, 5) is 26.6. The molecule has 4 aromatic rings. The molecule has 0 atom stereocenters. The number of carbonyl (C=O) groups excluding carboxylic acids is 1. The van der Waals surface area contributed by atoms with Crippen LogP contribution in [0.5, 0.6) is 0 Å². The van der Waals surface area contributed by atoms with Crippen LogP contribution < -0.4 is 10.2 Å². The molecular weight excluding hydrogens is 560 g/mol. The molecule has 0 bridgehead atoms. The van der Waals surface area contributed by atoms with Gasteiger partial charge in [0.2, 0.25) is 5.95 Å². The van der Waals surface area contributed by atoms with Crippen molar-refractivity contribution < 1.29 is 31.1 Å². The highest BCUT2D eigenvalue weighted by molar-refractivity contribution is 6.05. The first-order valence-corrected chi connectivity index (χ1v) is 13.2. The Bertz CT molecular complexity index is 1590. The van der Waals surface area contributed by atoms with Crippen molar-refractivity contribution in [2.75, 3.05) is 45.2 Å². The number of amides is 1. The minimum absolute atomic E-state index is 0.0178. The first-order valence-electron chi connectivity index (χ1n) is 13.2. The highest BCUT2D eigenvalue weighted by Gasteiger charge is 2.37. The molecule has 0 radical (unpaired) electrons. The van der Waals surface area contributed by atoms with Gasteiger partial charge in [-0.2, -0.15) is 26.3 Å². The molecule has 0 spiro atoms. The maximum absolute atomic E-state index is 13.7. The Labute approximate surface area is 238 Å². The normalized spacial score (nSPS) is 14.8. The number of rotatable bonds is 5. The minimum atomic E-state index is -5.00. The van der Waals surface area contributed by atoms with Gasteiger partial charge in [0.1, 0.15) is 5.69 Å². The molecule has 42 heavy (non-hydrogen) atoms. The quantitative estimate of drug-likeness (QED) is 0.289. The second kappa shape index (κ2) is 11.2. The topological polar surface area (TPSA) is 61.4 Å². The first kappa shape index (κ1) is 29.3. The third-order valence-electron chi connectivity index (χ3n) is 7.28. The standard InChI is InChI=1S/C30H27F6N5O/c1-37-27(42)26-25(23-9-5-7-19-6-3-4-8-22(19)23)24(38-28(39-26)41-12-10-40(2)11-13-41)16-18-14-20(29(31,32)33)17-21(15-18)30(34,35)36/h3-9,14-15,17H,10-13,16H2,1-2H3,(H,37,42). The van der Waals surface area contributed by atoms with Gasteiger partial charge in [-0.3, -0.25) is 4.79 Å². The van der Waals surface area contributed by atoms with Gasteiger partial charge in [-0.15, -0.1) is 0 Å². The minimum Gasteiger partial charge on any atom is -0.354 e. The van der Waals surface area contributed by atoms with Crippen LogP contribution >= 0.6 is 0 Å². The molecule has 12 heteroatoms. The van der Waals surface area contributed by atoms with Gasteiger partial charge in [0.05, 0.1) is 16.8 Å². The fraction of sp³-hybridized carbons (Fsp3) is 0.300. The Morgan fingerprint density at radius 3 is 2.10 bits per heavy atom. The summed E-state index contributed by atoms with van der Waals surface area (Å²) in [5, 5.41) is 4.12. The maximum Gasteiger partial charge on any atom is 0.416 e. The Morgan fingerprint density at radius 1 is 0.857 bits per heavy atom. The second-order valence-electron chi connectivity index (χ2n) is 10.2. The van der Waals surface area contributed by atoms with Gasteiger partial charge in [-0.05, 0) is 47.1 Å². The first-order chi connectivity index (χ1) is 19.8. The van der Waals surface area contributed by atoms with Crippen LogP contribution in [0.2, 0.25) is 0 Å². The van der Waals surface area contributed by atoms with E-state index in [2.05, 4.69) is 15.2 Å². The lowest BCUT2D eigenvalue weighted by Crippen LogP contribution is -2.45. The van der Waals surface area contributed by atoms with Crippen molar-refractivity contribution in [3.63, 3.8) is 0 Å². The Balaban J connectivity index is 1.77. The molecule has 1 fully saturated rings. The van der Waals surface area contributed by atoms with E-state index in [0.29, 0.717) is 43.9 Å². The number of hydrogen-bond donors (Lipinski definition) is 1. The van der Waals surface area contributed by atoms with E-state index < -0.39 is 35.8 Å². The number of aromatic nitrogens is 2. The molecule has 1 aromatic heterocycles. The van der Waals surface area contributed by atoms with Gasteiger partial charge in [0, 0.05) is 45.2 Å². The number of anilines is 1. The van der Waals surface area contributed by atoms with Crippen molar-refractivity contribution in [2.24, 2.45) is 0 Å². The number of likely N-dealkylation sites (N-methyl/N-ethyl adjacent to an activating group) is 1. The van der Waals surface area contributed by atoms with Crippen LogP contribution in [-0.2, 0) is 18.8 Å². The zero-order valence-corrected chi connectivity index (χ0v) is 22.8. The molecule has 3 aromatic carbocycles. The van der Waals surface area contributed by atoms with Crippen molar-refractivity contribution in [3.8, 4) is 11.1 Å². The number of piperazine rings is 1. The van der Waals surface area contributed by atoms with Crippen LogP contribution in [0.3, 0.4) is 0 Å². The number of halogens is 6. The molecular formula is C30H27F6N5O. The van der Waals surface area contributed by atoms with E-state index in [-0.39, 0.29) is 34.5 Å². The summed E-state index contributed by atoms with van der Waals surface area (Å²) in [6.07, 6.45) is -10.4. The highest BCUT2D eigenvalue weighted by Crippen LogP contribution is 2.39. The number of alkyl halides is 6.